The highest BCUT2D eigenvalue weighted by Gasteiger charge is 2.76. The number of nitrogens with zero attached hydrogens (tertiary/aromatic N) is 5. The van der Waals surface area contributed by atoms with Crippen LogP contribution in [-0.2, 0) is 35.3 Å². The summed E-state index contributed by atoms with van der Waals surface area (Å²) in [5.74, 6) is -3.81. The fraction of sp³-hybridized carbons (Fsp3) is 0.487. The lowest BCUT2D eigenvalue weighted by atomic mass is 9.70. The van der Waals surface area contributed by atoms with Crippen LogP contribution in [0.2, 0.25) is 0 Å². The first kappa shape index (κ1) is 36.9. The lowest BCUT2D eigenvalue weighted by molar-refractivity contribution is -0.161. The molecule has 13 heteroatoms. The number of hydrogen-bond acceptors (Lipinski definition) is 9. The summed E-state index contributed by atoms with van der Waals surface area (Å²) in [5, 5.41) is 22.1. The van der Waals surface area contributed by atoms with Crippen LogP contribution in [0, 0.1) is 17.8 Å². The highest BCUT2D eigenvalue weighted by molar-refractivity contribution is 5.98. The zero-order chi connectivity index (χ0) is 37.0. The lowest BCUT2D eigenvalue weighted by Gasteiger charge is -2.40. The number of carbonyl (C=O) groups is 4. The molecule has 3 aromatic rings. The minimum atomic E-state index is -1.32. The van der Waals surface area contributed by atoms with Gasteiger partial charge in [0, 0.05) is 13.0 Å². The maximum absolute atomic E-state index is 15.0. The number of carbonyl (C=O) groups excluding carboxylic acids is 4. The molecule has 8 atom stereocenters. The molecule has 0 saturated carbocycles. The summed E-state index contributed by atoms with van der Waals surface area (Å²) >= 11 is 0. The van der Waals surface area contributed by atoms with Gasteiger partial charge in [-0.2, -0.15) is 0 Å². The van der Waals surface area contributed by atoms with Crippen molar-refractivity contribution in [1.82, 2.24) is 30.1 Å². The lowest BCUT2D eigenvalue weighted by Crippen LogP contribution is -2.60. The quantitative estimate of drug-likeness (QED) is 0.158. The topological polar surface area (TPSA) is 156 Å². The van der Waals surface area contributed by atoms with Gasteiger partial charge in [0.2, 0.25) is 17.7 Å². The highest BCUT2D eigenvalue weighted by atomic mass is 16.6. The van der Waals surface area contributed by atoms with Gasteiger partial charge in [-0.05, 0) is 42.9 Å². The van der Waals surface area contributed by atoms with Gasteiger partial charge in [-0.15, -0.1) is 18.3 Å². The second-order valence-electron chi connectivity index (χ2n) is 14.0. The third-order valence-corrected chi connectivity index (χ3v) is 11.0. The van der Waals surface area contributed by atoms with Crippen molar-refractivity contribution >= 4 is 34.7 Å². The fourth-order valence-electron chi connectivity index (χ4n) is 8.18. The number of rotatable bonds is 17. The minimum Gasteiger partial charge on any atom is -0.455 e. The molecule has 276 valence electrons. The number of aliphatic hydroxyl groups is 1. The van der Waals surface area contributed by atoms with E-state index in [4.69, 9.17) is 9.47 Å². The first-order chi connectivity index (χ1) is 25.2. The summed E-state index contributed by atoms with van der Waals surface area (Å²) in [7, 11) is 0. The molecule has 4 heterocycles. The zero-order valence-electron chi connectivity index (χ0n) is 29.8. The maximum atomic E-state index is 15.0. The van der Waals surface area contributed by atoms with Gasteiger partial charge < -0.3 is 29.7 Å². The van der Waals surface area contributed by atoms with E-state index in [1.54, 1.807) is 21.7 Å². The van der Waals surface area contributed by atoms with Crippen molar-refractivity contribution in [3.63, 3.8) is 0 Å². The first-order valence-corrected chi connectivity index (χ1v) is 18.1. The van der Waals surface area contributed by atoms with Crippen molar-refractivity contribution in [3.05, 3.63) is 85.5 Å². The maximum Gasteiger partial charge on any atom is 0.313 e. The van der Waals surface area contributed by atoms with Gasteiger partial charge in [0.1, 0.15) is 29.9 Å². The first-order valence-electron chi connectivity index (χ1n) is 18.1. The third-order valence-electron chi connectivity index (χ3n) is 11.0. The van der Waals surface area contributed by atoms with Crippen molar-refractivity contribution < 1.29 is 33.8 Å². The van der Waals surface area contributed by atoms with Crippen LogP contribution in [-0.4, -0.2) is 97.1 Å². The van der Waals surface area contributed by atoms with E-state index in [9.17, 15) is 24.3 Å². The van der Waals surface area contributed by atoms with Crippen molar-refractivity contribution in [2.45, 2.75) is 82.5 Å². The number of benzene rings is 2. The Bertz CT molecular complexity index is 1800. The smallest absolute Gasteiger partial charge is 0.313 e. The summed E-state index contributed by atoms with van der Waals surface area (Å²) in [6.07, 6.45) is 4.01. The van der Waals surface area contributed by atoms with Gasteiger partial charge in [-0.1, -0.05) is 80.1 Å². The number of nitrogens with one attached hydrogen (secondary N) is 1. The summed E-state index contributed by atoms with van der Waals surface area (Å²) < 4.78 is 14.5. The molecule has 0 unspecified atom stereocenters. The molecular weight excluding hydrogens is 664 g/mol. The Labute approximate surface area is 303 Å². The number of amides is 3. The summed E-state index contributed by atoms with van der Waals surface area (Å²) in [5.41, 5.74) is 0.766. The minimum absolute atomic E-state index is 0.0317. The standard InChI is InChI=1S/C39H48N6O7/c1-5-8-18-32(47)40-22-31(26-14-10-9-11-15-26)51-38(50)33-30-19-20-39(52-30)34(33)36(48)45(29(23-46)25(4)7-3)35(39)37(49)43(21-6-2)24-44-28-17-13-12-16-27(28)41-42-44/h5-6,9-17,25,29-31,33-35,46H,1-2,7-8,18-24H2,3-4H3,(H,40,47)/t25-,29-,30+,31+,33-,34-,35+,39-/m0/s1. The molecular formula is C39H48N6O7. The third kappa shape index (κ3) is 6.74. The second kappa shape index (κ2) is 15.8. The van der Waals surface area contributed by atoms with Crippen molar-refractivity contribution in [1.29, 1.82) is 0 Å². The normalized spacial score (nSPS) is 25.0. The van der Waals surface area contributed by atoms with E-state index in [2.05, 4.69) is 28.8 Å². The Morgan fingerprint density at radius 2 is 1.90 bits per heavy atom. The summed E-state index contributed by atoms with van der Waals surface area (Å²) in [6.45, 7) is 11.3. The van der Waals surface area contributed by atoms with Crippen LogP contribution in [0.1, 0.15) is 57.6 Å². The van der Waals surface area contributed by atoms with Crippen LogP contribution in [0.25, 0.3) is 11.0 Å². The Hall–Kier alpha value is -4.88. The number of hydrogen-bond donors (Lipinski definition) is 2. The molecule has 2 aromatic carbocycles. The molecule has 0 aliphatic carbocycles. The van der Waals surface area contributed by atoms with E-state index in [-0.39, 0.29) is 44.6 Å². The zero-order valence-corrected chi connectivity index (χ0v) is 29.8. The Morgan fingerprint density at radius 3 is 2.62 bits per heavy atom. The van der Waals surface area contributed by atoms with Crippen LogP contribution >= 0.6 is 0 Å². The SMILES string of the molecule is C=CCCC(=O)NC[C@@H](OC(=O)[C@@H]1[C@H]2C(=O)N([C@@H](CO)[C@@H](C)CC)[C@H](C(=O)N(CC=C)Cn3nnc4ccccc43)[C@]23CC[C@H]1O3)c1ccccc1. The number of likely N-dealkylation sites (tertiary alicyclic amines) is 1. The number of fused-ring (bicyclic) bond motifs is 2. The molecule has 3 saturated heterocycles. The van der Waals surface area contributed by atoms with E-state index < -0.39 is 59.5 Å². The average Bonchev–Trinajstić information content (AvgIpc) is 3.92. The van der Waals surface area contributed by atoms with Crippen LogP contribution in [0.5, 0.6) is 0 Å². The predicted molar refractivity (Wildman–Crippen MR) is 192 cm³/mol. The van der Waals surface area contributed by atoms with Crippen LogP contribution in [0.15, 0.2) is 79.9 Å². The van der Waals surface area contributed by atoms with Crippen LogP contribution in [0.3, 0.4) is 0 Å². The molecule has 3 amide bonds. The van der Waals surface area contributed by atoms with Crippen molar-refractivity contribution in [2.75, 3.05) is 19.7 Å². The fourth-order valence-corrected chi connectivity index (χ4v) is 8.18. The largest absolute Gasteiger partial charge is 0.455 e. The number of ether oxygens (including phenoxy) is 2. The monoisotopic (exact) mass is 712 g/mol. The van der Waals surface area contributed by atoms with Crippen LogP contribution in [0.4, 0.5) is 0 Å². The molecule has 2 bridgehead atoms. The van der Waals surface area contributed by atoms with Gasteiger partial charge in [-0.3, -0.25) is 19.2 Å². The molecule has 6 rings (SSSR count). The number of para-hydroxylation sites is 1. The van der Waals surface area contributed by atoms with E-state index in [0.29, 0.717) is 36.8 Å². The van der Waals surface area contributed by atoms with E-state index >= 15 is 0 Å². The molecule has 3 aliphatic rings. The Morgan fingerprint density at radius 1 is 1.15 bits per heavy atom. The summed E-state index contributed by atoms with van der Waals surface area (Å²) in [6, 6.07) is 14.7. The number of aromatic nitrogens is 3. The number of allylic oxidation sites excluding steroid dienone is 1. The molecule has 52 heavy (non-hydrogen) atoms. The van der Waals surface area contributed by atoms with E-state index in [1.807, 2.05) is 68.4 Å². The highest BCUT2D eigenvalue weighted by Crippen LogP contribution is 2.59. The number of esters is 1. The van der Waals surface area contributed by atoms with Crippen molar-refractivity contribution in [3.8, 4) is 0 Å². The molecule has 0 radical (unpaired) electrons. The molecule has 13 nitrogen and oxygen atoms in total. The van der Waals surface area contributed by atoms with Gasteiger partial charge in [0.05, 0.1) is 42.6 Å². The van der Waals surface area contributed by atoms with E-state index in [1.165, 1.54) is 4.90 Å². The number of aliphatic hydroxyl groups excluding tert-OH is 1. The van der Waals surface area contributed by atoms with Crippen LogP contribution < -0.4 is 5.32 Å². The predicted octanol–water partition coefficient (Wildman–Crippen LogP) is 3.55. The van der Waals surface area contributed by atoms with E-state index in [0.717, 1.165) is 5.52 Å². The molecule has 1 aromatic heterocycles. The molecule has 2 N–H and O–H groups in total. The van der Waals surface area contributed by atoms with Crippen molar-refractivity contribution in [2.24, 2.45) is 17.8 Å². The van der Waals surface area contributed by atoms with Gasteiger partial charge >= 0.3 is 5.97 Å². The summed E-state index contributed by atoms with van der Waals surface area (Å²) in [4.78, 5) is 59.7. The van der Waals surface area contributed by atoms with Gasteiger partial charge in [0.15, 0.2) is 0 Å². The van der Waals surface area contributed by atoms with Gasteiger partial charge in [0.25, 0.3) is 0 Å². The molecule has 1 spiro atoms. The molecule has 3 fully saturated rings. The molecule has 3 aliphatic heterocycles. The average molecular weight is 713 g/mol. The Balaban J connectivity index is 1.33. The second-order valence-corrected chi connectivity index (χ2v) is 14.0. The Kier molecular flexibility index (Phi) is 11.2. The van der Waals surface area contributed by atoms with Gasteiger partial charge in [-0.25, -0.2) is 4.68 Å².